The van der Waals surface area contributed by atoms with Crippen molar-refractivity contribution in [3.8, 4) is 11.3 Å². The second-order valence-corrected chi connectivity index (χ2v) is 6.23. The highest BCUT2D eigenvalue weighted by Crippen LogP contribution is 2.23. The lowest BCUT2D eigenvalue weighted by molar-refractivity contribution is -0.117. The molecule has 0 radical (unpaired) electrons. The van der Waals surface area contributed by atoms with Crippen molar-refractivity contribution in [2.24, 2.45) is 0 Å². The van der Waals surface area contributed by atoms with Crippen molar-refractivity contribution in [2.75, 3.05) is 11.9 Å². The first-order chi connectivity index (χ1) is 10.1. The number of hydrogen-bond acceptors (Lipinski definition) is 5. The number of aryl methyl sites for hydroxylation is 1. The summed E-state index contributed by atoms with van der Waals surface area (Å²) in [5.41, 5.74) is 2.74. The van der Waals surface area contributed by atoms with E-state index in [1.54, 1.807) is 11.3 Å². The van der Waals surface area contributed by atoms with Gasteiger partial charge in [0.25, 0.3) is 0 Å². The second-order valence-electron chi connectivity index (χ2n) is 5.17. The van der Waals surface area contributed by atoms with Gasteiger partial charge in [-0.25, -0.2) is 4.98 Å². The molecule has 2 aromatic rings. The lowest BCUT2D eigenvalue weighted by atomic mass is 10.1. The number of benzene rings is 1. The smallest absolute Gasteiger partial charge is 0.241 e. The molecule has 22 heavy (non-hydrogen) atoms. The van der Waals surface area contributed by atoms with Gasteiger partial charge in [-0.05, 0) is 25.5 Å². The first kappa shape index (κ1) is 16.9. The van der Waals surface area contributed by atoms with Crippen LogP contribution in [0.4, 0.5) is 5.69 Å². The minimum absolute atomic E-state index is 0. The molecule has 118 valence electrons. The highest BCUT2D eigenvalue weighted by Gasteiger charge is 2.27. The number of carbonyl (C=O) groups excluding carboxylic acids is 1. The summed E-state index contributed by atoms with van der Waals surface area (Å²) in [4.78, 5) is 16.5. The van der Waals surface area contributed by atoms with Crippen LogP contribution in [0.5, 0.6) is 0 Å². The number of anilines is 1. The highest BCUT2D eigenvalue weighted by molar-refractivity contribution is 7.09. The Morgan fingerprint density at radius 2 is 2.14 bits per heavy atom. The molecular formula is C15H18ClN3O2S. The van der Waals surface area contributed by atoms with Gasteiger partial charge < -0.3 is 15.7 Å². The Bertz CT molecular complexity index is 644. The number of hydrogen-bond donors (Lipinski definition) is 3. The maximum absolute atomic E-state index is 12.0. The van der Waals surface area contributed by atoms with Gasteiger partial charge in [-0.1, -0.05) is 12.1 Å². The molecule has 3 rings (SSSR count). The van der Waals surface area contributed by atoms with Gasteiger partial charge in [0.1, 0.15) is 0 Å². The van der Waals surface area contributed by atoms with E-state index in [0.717, 1.165) is 22.0 Å². The van der Waals surface area contributed by atoms with E-state index < -0.39 is 6.10 Å². The third-order valence-corrected chi connectivity index (χ3v) is 4.26. The Morgan fingerprint density at radius 3 is 2.68 bits per heavy atom. The number of aliphatic hydroxyl groups excluding tert-OH is 1. The normalized spacial score (nSPS) is 20.5. The molecule has 5 nitrogen and oxygen atoms in total. The van der Waals surface area contributed by atoms with Crippen molar-refractivity contribution in [1.82, 2.24) is 10.3 Å². The summed E-state index contributed by atoms with van der Waals surface area (Å²) in [6.07, 6.45) is 0.0261. The van der Waals surface area contributed by atoms with Crippen LogP contribution >= 0.6 is 23.7 Å². The van der Waals surface area contributed by atoms with E-state index in [-0.39, 0.29) is 24.4 Å². The Kier molecular flexibility index (Phi) is 5.52. The molecule has 0 spiro atoms. The van der Waals surface area contributed by atoms with Crippen LogP contribution in [0.25, 0.3) is 11.3 Å². The van der Waals surface area contributed by atoms with Crippen LogP contribution in [0.1, 0.15) is 11.4 Å². The third kappa shape index (κ3) is 3.84. The zero-order valence-electron chi connectivity index (χ0n) is 12.1. The van der Waals surface area contributed by atoms with Crippen molar-refractivity contribution < 1.29 is 9.90 Å². The molecule has 1 aliphatic heterocycles. The molecule has 2 unspecified atom stereocenters. The molecular weight excluding hydrogens is 322 g/mol. The number of amides is 1. The molecule has 1 aliphatic rings. The average Bonchev–Trinajstić information content (AvgIpc) is 3.08. The summed E-state index contributed by atoms with van der Waals surface area (Å²) in [6, 6.07) is 7.31. The van der Waals surface area contributed by atoms with Gasteiger partial charge in [-0.15, -0.1) is 23.7 Å². The molecule has 1 fully saturated rings. The molecule has 0 aliphatic carbocycles. The van der Waals surface area contributed by atoms with Gasteiger partial charge in [-0.3, -0.25) is 4.79 Å². The van der Waals surface area contributed by atoms with Crippen molar-refractivity contribution in [2.45, 2.75) is 25.5 Å². The van der Waals surface area contributed by atoms with E-state index in [0.29, 0.717) is 13.0 Å². The summed E-state index contributed by atoms with van der Waals surface area (Å²) in [7, 11) is 0. The Labute approximate surface area is 139 Å². The number of thiazole rings is 1. The van der Waals surface area contributed by atoms with Gasteiger partial charge in [0, 0.05) is 23.2 Å². The Balaban J connectivity index is 0.00000176. The first-order valence-electron chi connectivity index (χ1n) is 6.87. The van der Waals surface area contributed by atoms with E-state index in [2.05, 4.69) is 15.6 Å². The summed E-state index contributed by atoms with van der Waals surface area (Å²) in [5.74, 6) is -0.108. The molecule has 0 bridgehead atoms. The van der Waals surface area contributed by atoms with Crippen LogP contribution in [0.3, 0.4) is 0 Å². The summed E-state index contributed by atoms with van der Waals surface area (Å²) >= 11 is 1.62. The number of nitrogens with one attached hydrogen (secondary N) is 2. The van der Waals surface area contributed by atoms with E-state index in [9.17, 15) is 9.90 Å². The van der Waals surface area contributed by atoms with Crippen LogP contribution in [0, 0.1) is 6.92 Å². The second kappa shape index (κ2) is 7.19. The van der Waals surface area contributed by atoms with Gasteiger partial charge in [0.05, 0.1) is 22.8 Å². The fourth-order valence-corrected chi connectivity index (χ4v) is 2.99. The molecule has 7 heteroatoms. The maximum Gasteiger partial charge on any atom is 0.241 e. The van der Waals surface area contributed by atoms with Gasteiger partial charge >= 0.3 is 0 Å². The van der Waals surface area contributed by atoms with Gasteiger partial charge in [-0.2, -0.15) is 0 Å². The zero-order chi connectivity index (χ0) is 14.8. The fraction of sp³-hybridized carbons (Fsp3) is 0.333. The van der Waals surface area contributed by atoms with Crippen molar-refractivity contribution in [3.63, 3.8) is 0 Å². The maximum atomic E-state index is 12.0. The molecule has 2 heterocycles. The van der Waals surface area contributed by atoms with Crippen LogP contribution < -0.4 is 10.6 Å². The van der Waals surface area contributed by atoms with Gasteiger partial charge in [0.15, 0.2) is 0 Å². The van der Waals surface area contributed by atoms with Crippen LogP contribution in [-0.2, 0) is 4.79 Å². The number of nitrogens with zero attached hydrogens (tertiary/aromatic N) is 1. The molecule has 1 saturated heterocycles. The SMILES string of the molecule is Cc1nc(-c2ccc(NC(=O)C3CC(O)CN3)cc2)cs1.Cl. The quantitative estimate of drug-likeness (QED) is 0.801. The number of carbonyl (C=O) groups is 1. The van der Waals surface area contributed by atoms with Crippen molar-refractivity contribution >= 4 is 35.3 Å². The number of aliphatic hydroxyl groups is 1. The molecule has 3 N–H and O–H groups in total. The van der Waals surface area contributed by atoms with E-state index in [1.807, 2.05) is 36.6 Å². The summed E-state index contributed by atoms with van der Waals surface area (Å²) in [5, 5.41) is 18.3. The van der Waals surface area contributed by atoms with Crippen LogP contribution in [0.2, 0.25) is 0 Å². The number of aromatic nitrogens is 1. The van der Waals surface area contributed by atoms with Crippen LogP contribution in [0.15, 0.2) is 29.6 Å². The number of halogens is 1. The van der Waals surface area contributed by atoms with Gasteiger partial charge in [0.2, 0.25) is 5.91 Å². The minimum Gasteiger partial charge on any atom is -0.392 e. The topological polar surface area (TPSA) is 74.2 Å². The number of β-amino-alcohol motifs (C(OH)–C–C–N with tert-alkyl or cyclic N) is 1. The monoisotopic (exact) mass is 339 g/mol. The summed E-state index contributed by atoms with van der Waals surface area (Å²) < 4.78 is 0. The molecule has 1 amide bonds. The lowest BCUT2D eigenvalue weighted by Crippen LogP contribution is -2.35. The van der Waals surface area contributed by atoms with Crippen LogP contribution in [-0.4, -0.2) is 34.7 Å². The molecule has 2 atom stereocenters. The fourth-order valence-electron chi connectivity index (χ4n) is 2.37. The number of rotatable bonds is 3. The van der Waals surface area contributed by atoms with Crippen molar-refractivity contribution in [3.05, 3.63) is 34.7 Å². The van der Waals surface area contributed by atoms with E-state index in [1.165, 1.54) is 0 Å². The van der Waals surface area contributed by atoms with E-state index >= 15 is 0 Å². The average molecular weight is 340 g/mol. The molecule has 0 saturated carbocycles. The molecule has 1 aromatic heterocycles. The Hall–Kier alpha value is -1.47. The third-order valence-electron chi connectivity index (χ3n) is 3.49. The standard InChI is InChI=1S/C15H17N3O2S.ClH/c1-9-17-14(8-21-9)10-2-4-11(5-3-10)18-15(20)13-6-12(19)7-16-13;/h2-5,8,12-13,16,19H,6-7H2,1H3,(H,18,20);1H. The minimum atomic E-state index is -0.434. The highest BCUT2D eigenvalue weighted by atomic mass is 35.5. The molecule has 1 aromatic carbocycles. The first-order valence-corrected chi connectivity index (χ1v) is 7.74. The lowest BCUT2D eigenvalue weighted by Gasteiger charge is -2.11. The van der Waals surface area contributed by atoms with Crippen molar-refractivity contribution in [1.29, 1.82) is 0 Å². The largest absolute Gasteiger partial charge is 0.392 e. The Morgan fingerprint density at radius 1 is 1.41 bits per heavy atom. The van der Waals surface area contributed by atoms with E-state index in [4.69, 9.17) is 0 Å². The summed E-state index contributed by atoms with van der Waals surface area (Å²) in [6.45, 7) is 2.45. The predicted molar refractivity (Wildman–Crippen MR) is 90.6 cm³/mol. The zero-order valence-corrected chi connectivity index (χ0v) is 13.7. The predicted octanol–water partition coefficient (Wildman–Crippen LogP) is 2.20.